The molecule has 2 nitrogen and oxygen atoms in total. The summed E-state index contributed by atoms with van der Waals surface area (Å²) in [6.45, 7) is 12.6. The number of nitrogens with zero attached hydrogens (tertiary/aromatic N) is 1. The van der Waals surface area contributed by atoms with Crippen LogP contribution >= 0.6 is 23.1 Å². The van der Waals surface area contributed by atoms with Gasteiger partial charge in [-0.05, 0) is 19.1 Å². The van der Waals surface area contributed by atoms with Crippen molar-refractivity contribution in [1.82, 2.24) is 10.2 Å². The molecular weight excluding hydrogens is 260 g/mol. The SMILES string of the molecule is Cc1ccc(CNCCN2CC(C)SC(C)C2)s1. The molecule has 0 bridgehead atoms. The van der Waals surface area contributed by atoms with Crippen LogP contribution in [-0.2, 0) is 6.54 Å². The van der Waals surface area contributed by atoms with Crippen molar-refractivity contribution >= 4 is 23.1 Å². The molecule has 0 spiro atoms. The first-order valence-electron chi connectivity index (χ1n) is 6.77. The lowest BCUT2D eigenvalue weighted by Crippen LogP contribution is -2.43. The molecule has 2 heterocycles. The third-order valence-electron chi connectivity index (χ3n) is 3.20. The first kappa shape index (κ1) is 14.4. The van der Waals surface area contributed by atoms with Gasteiger partial charge in [0.05, 0.1) is 0 Å². The van der Waals surface area contributed by atoms with Gasteiger partial charge in [0.15, 0.2) is 0 Å². The van der Waals surface area contributed by atoms with Gasteiger partial charge in [-0.1, -0.05) is 13.8 Å². The van der Waals surface area contributed by atoms with E-state index in [1.165, 1.54) is 29.4 Å². The zero-order valence-electron chi connectivity index (χ0n) is 11.6. The lowest BCUT2D eigenvalue weighted by atomic mass is 10.3. The van der Waals surface area contributed by atoms with Crippen LogP contribution in [0, 0.1) is 6.92 Å². The Morgan fingerprint density at radius 1 is 1.28 bits per heavy atom. The quantitative estimate of drug-likeness (QED) is 0.837. The average Bonchev–Trinajstić information content (AvgIpc) is 2.69. The second-order valence-corrected chi connectivity index (χ2v) is 8.46. The highest BCUT2D eigenvalue weighted by Crippen LogP contribution is 2.24. The van der Waals surface area contributed by atoms with Crippen LogP contribution in [0.25, 0.3) is 0 Å². The Kier molecular flexibility index (Phi) is 5.55. The topological polar surface area (TPSA) is 15.3 Å². The number of nitrogens with one attached hydrogen (secondary N) is 1. The molecule has 0 amide bonds. The molecular formula is C14H24N2S2. The van der Waals surface area contributed by atoms with Gasteiger partial charge in [0.2, 0.25) is 0 Å². The highest BCUT2D eigenvalue weighted by atomic mass is 32.2. The van der Waals surface area contributed by atoms with Gasteiger partial charge in [-0.2, -0.15) is 11.8 Å². The first-order valence-corrected chi connectivity index (χ1v) is 8.53. The lowest BCUT2D eigenvalue weighted by Gasteiger charge is -2.34. The predicted octanol–water partition coefficient (Wildman–Crippen LogP) is 2.97. The van der Waals surface area contributed by atoms with Crippen molar-refractivity contribution < 1.29 is 0 Å². The molecule has 1 aromatic heterocycles. The Bertz CT molecular complexity index is 354. The molecule has 0 radical (unpaired) electrons. The van der Waals surface area contributed by atoms with Crippen LogP contribution < -0.4 is 5.32 Å². The number of thiophene rings is 1. The van der Waals surface area contributed by atoms with Gasteiger partial charge in [-0.15, -0.1) is 11.3 Å². The van der Waals surface area contributed by atoms with Crippen molar-refractivity contribution in [3.8, 4) is 0 Å². The van der Waals surface area contributed by atoms with Crippen molar-refractivity contribution in [2.45, 2.75) is 37.8 Å². The molecule has 1 aromatic rings. The number of thioether (sulfide) groups is 1. The summed E-state index contributed by atoms with van der Waals surface area (Å²) in [7, 11) is 0. The molecule has 18 heavy (non-hydrogen) atoms. The highest BCUT2D eigenvalue weighted by Gasteiger charge is 2.21. The van der Waals surface area contributed by atoms with Gasteiger partial charge in [0, 0.05) is 53.0 Å². The number of rotatable bonds is 5. The van der Waals surface area contributed by atoms with E-state index in [-0.39, 0.29) is 0 Å². The molecule has 0 aliphatic carbocycles. The van der Waals surface area contributed by atoms with Crippen LogP contribution in [-0.4, -0.2) is 41.6 Å². The van der Waals surface area contributed by atoms with Gasteiger partial charge < -0.3 is 5.32 Å². The number of hydrogen-bond donors (Lipinski definition) is 1. The fraction of sp³-hybridized carbons (Fsp3) is 0.714. The average molecular weight is 284 g/mol. The minimum Gasteiger partial charge on any atom is -0.311 e. The maximum Gasteiger partial charge on any atom is 0.0300 e. The Morgan fingerprint density at radius 3 is 2.61 bits per heavy atom. The van der Waals surface area contributed by atoms with Crippen LogP contribution in [0.1, 0.15) is 23.6 Å². The van der Waals surface area contributed by atoms with Gasteiger partial charge in [0.25, 0.3) is 0 Å². The summed E-state index contributed by atoms with van der Waals surface area (Å²) < 4.78 is 0. The van der Waals surface area contributed by atoms with Crippen molar-refractivity contribution in [2.75, 3.05) is 26.2 Å². The highest BCUT2D eigenvalue weighted by molar-refractivity contribution is 8.00. The first-order chi connectivity index (χ1) is 8.63. The summed E-state index contributed by atoms with van der Waals surface area (Å²) in [6.07, 6.45) is 0. The summed E-state index contributed by atoms with van der Waals surface area (Å²) in [5, 5.41) is 5.13. The van der Waals surface area contributed by atoms with E-state index in [4.69, 9.17) is 0 Å². The van der Waals surface area contributed by atoms with Gasteiger partial charge in [0.1, 0.15) is 0 Å². The van der Waals surface area contributed by atoms with E-state index in [0.717, 1.165) is 23.6 Å². The largest absolute Gasteiger partial charge is 0.311 e. The third kappa shape index (κ3) is 4.57. The van der Waals surface area contributed by atoms with E-state index in [0.29, 0.717) is 0 Å². The van der Waals surface area contributed by atoms with Crippen LogP contribution in [0.3, 0.4) is 0 Å². The third-order valence-corrected chi connectivity index (χ3v) is 5.42. The Hall–Kier alpha value is -0.0300. The fourth-order valence-electron chi connectivity index (χ4n) is 2.50. The van der Waals surface area contributed by atoms with Crippen molar-refractivity contribution in [3.05, 3.63) is 21.9 Å². The monoisotopic (exact) mass is 284 g/mol. The molecule has 2 unspecified atom stereocenters. The maximum absolute atomic E-state index is 3.55. The second kappa shape index (κ2) is 6.94. The molecule has 1 saturated heterocycles. The molecule has 0 saturated carbocycles. The zero-order chi connectivity index (χ0) is 13.0. The van der Waals surface area contributed by atoms with E-state index < -0.39 is 0 Å². The Balaban J connectivity index is 1.63. The molecule has 1 fully saturated rings. The molecule has 2 rings (SSSR count). The fourth-order valence-corrected chi connectivity index (χ4v) is 4.74. The van der Waals surface area contributed by atoms with E-state index in [2.05, 4.69) is 54.9 Å². The van der Waals surface area contributed by atoms with Crippen molar-refractivity contribution in [3.63, 3.8) is 0 Å². The molecule has 4 heteroatoms. The minimum atomic E-state index is 0.786. The smallest absolute Gasteiger partial charge is 0.0300 e. The van der Waals surface area contributed by atoms with E-state index in [1.807, 2.05) is 11.3 Å². The van der Waals surface area contributed by atoms with E-state index in [9.17, 15) is 0 Å². The summed E-state index contributed by atoms with van der Waals surface area (Å²) >= 11 is 4.02. The van der Waals surface area contributed by atoms with E-state index >= 15 is 0 Å². The molecule has 0 aromatic carbocycles. The summed E-state index contributed by atoms with van der Waals surface area (Å²) in [6, 6.07) is 4.43. The van der Waals surface area contributed by atoms with Gasteiger partial charge in [-0.3, -0.25) is 4.90 Å². The maximum atomic E-state index is 3.55. The number of aryl methyl sites for hydroxylation is 1. The standard InChI is InChI=1S/C14H24N2S2/c1-11-4-5-14(18-11)8-15-6-7-16-9-12(2)17-13(3)10-16/h4-5,12-13,15H,6-10H2,1-3H3. The van der Waals surface area contributed by atoms with E-state index in [1.54, 1.807) is 0 Å². The Morgan fingerprint density at radius 2 is 2.00 bits per heavy atom. The van der Waals surface area contributed by atoms with Crippen LogP contribution in [0.4, 0.5) is 0 Å². The Labute approximate surface area is 119 Å². The van der Waals surface area contributed by atoms with Crippen molar-refractivity contribution in [2.24, 2.45) is 0 Å². The second-order valence-electron chi connectivity index (χ2n) is 5.21. The molecule has 1 aliphatic rings. The molecule has 1 aliphatic heterocycles. The van der Waals surface area contributed by atoms with Gasteiger partial charge in [-0.25, -0.2) is 0 Å². The summed E-state index contributed by atoms with van der Waals surface area (Å²) in [5.41, 5.74) is 0. The van der Waals surface area contributed by atoms with Crippen LogP contribution in [0.5, 0.6) is 0 Å². The summed E-state index contributed by atoms with van der Waals surface area (Å²) in [5.74, 6) is 0. The van der Waals surface area contributed by atoms with Crippen LogP contribution in [0.2, 0.25) is 0 Å². The lowest BCUT2D eigenvalue weighted by molar-refractivity contribution is 0.270. The zero-order valence-corrected chi connectivity index (χ0v) is 13.2. The number of hydrogen-bond acceptors (Lipinski definition) is 4. The normalized spacial score (nSPS) is 25.5. The van der Waals surface area contributed by atoms with Crippen molar-refractivity contribution in [1.29, 1.82) is 0 Å². The predicted molar refractivity (Wildman–Crippen MR) is 83.7 cm³/mol. The molecule has 102 valence electrons. The van der Waals surface area contributed by atoms with Gasteiger partial charge >= 0.3 is 0 Å². The molecule has 2 atom stereocenters. The minimum absolute atomic E-state index is 0.786. The van der Waals surface area contributed by atoms with Crippen LogP contribution in [0.15, 0.2) is 12.1 Å². The summed E-state index contributed by atoms with van der Waals surface area (Å²) in [4.78, 5) is 5.45. The molecule has 1 N–H and O–H groups in total.